The Kier molecular flexibility index (Phi) is 3.92. The minimum absolute atomic E-state index is 0.465. The van der Waals surface area contributed by atoms with Gasteiger partial charge in [0.1, 0.15) is 0 Å². The summed E-state index contributed by atoms with van der Waals surface area (Å²) in [6.07, 6.45) is -0.981. The van der Waals surface area contributed by atoms with Gasteiger partial charge in [0.2, 0.25) is 5.78 Å². The second-order valence-electron chi connectivity index (χ2n) is 5.68. The summed E-state index contributed by atoms with van der Waals surface area (Å²) in [4.78, 5) is 8.78. The molecular formula is C19H11ClF3N3. The van der Waals surface area contributed by atoms with Gasteiger partial charge in [-0.25, -0.2) is 9.97 Å². The molecule has 7 heteroatoms. The molecule has 0 spiro atoms. The van der Waals surface area contributed by atoms with E-state index in [9.17, 15) is 13.2 Å². The Labute approximate surface area is 151 Å². The van der Waals surface area contributed by atoms with Gasteiger partial charge in [-0.05, 0) is 30.3 Å². The first-order valence-corrected chi connectivity index (χ1v) is 8.08. The van der Waals surface area contributed by atoms with E-state index in [2.05, 4.69) is 9.97 Å². The van der Waals surface area contributed by atoms with Crippen LogP contribution in [0, 0.1) is 0 Å². The quantitative estimate of drug-likeness (QED) is 0.449. The molecule has 0 unspecified atom stereocenters. The van der Waals surface area contributed by atoms with Crippen molar-refractivity contribution in [1.29, 1.82) is 0 Å². The summed E-state index contributed by atoms with van der Waals surface area (Å²) >= 11 is 5.95. The number of benzene rings is 2. The highest BCUT2D eigenvalue weighted by atomic mass is 35.5. The normalized spacial score (nSPS) is 11.8. The Morgan fingerprint density at radius 3 is 2.19 bits per heavy atom. The lowest BCUT2D eigenvalue weighted by Gasteiger charge is -2.09. The van der Waals surface area contributed by atoms with E-state index in [1.54, 1.807) is 35.0 Å². The van der Waals surface area contributed by atoms with E-state index < -0.39 is 11.7 Å². The van der Waals surface area contributed by atoms with E-state index in [-0.39, 0.29) is 0 Å². The summed E-state index contributed by atoms with van der Waals surface area (Å²) in [5.41, 5.74) is 2.02. The minimum Gasteiger partial charge on any atom is -0.283 e. The predicted molar refractivity (Wildman–Crippen MR) is 93.9 cm³/mol. The molecule has 2 heterocycles. The van der Waals surface area contributed by atoms with Crippen molar-refractivity contribution in [3.63, 3.8) is 0 Å². The van der Waals surface area contributed by atoms with Crippen LogP contribution < -0.4 is 0 Å². The summed E-state index contributed by atoms with van der Waals surface area (Å²) in [5, 5.41) is 0.590. The zero-order chi connectivity index (χ0) is 18.3. The molecule has 0 aliphatic rings. The number of imidazole rings is 1. The molecule has 130 valence electrons. The van der Waals surface area contributed by atoms with Crippen LogP contribution in [0.5, 0.6) is 0 Å². The van der Waals surface area contributed by atoms with Crippen molar-refractivity contribution in [2.24, 2.45) is 0 Å². The Bertz CT molecular complexity index is 1070. The first-order chi connectivity index (χ1) is 12.4. The first-order valence-electron chi connectivity index (χ1n) is 7.70. The molecule has 0 aliphatic carbocycles. The number of fused-ring (bicyclic) bond motifs is 1. The van der Waals surface area contributed by atoms with E-state index in [0.717, 1.165) is 17.7 Å². The van der Waals surface area contributed by atoms with Crippen LogP contribution in [0.3, 0.4) is 0 Å². The van der Waals surface area contributed by atoms with E-state index in [4.69, 9.17) is 11.6 Å². The van der Waals surface area contributed by atoms with Crippen molar-refractivity contribution in [3.05, 3.63) is 77.6 Å². The van der Waals surface area contributed by atoms with Gasteiger partial charge in [0.05, 0.1) is 17.0 Å². The second kappa shape index (κ2) is 6.14. The number of alkyl halides is 3. The fraction of sp³-hybridized carbons (Fsp3) is 0.0526. The maximum absolute atomic E-state index is 12.9. The van der Waals surface area contributed by atoms with Gasteiger partial charge in [-0.3, -0.25) is 4.40 Å². The summed E-state index contributed by atoms with van der Waals surface area (Å²) in [6.45, 7) is 0. The van der Waals surface area contributed by atoms with Crippen molar-refractivity contribution >= 4 is 17.4 Å². The van der Waals surface area contributed by atoms with Crippen LogP contribution >= 0.6 is 11.6 Å². The SMILES string of the molecule is FC(F)(F)c1ccc(-c2c(-c3ccc(Cl)cc3)nc3ncccn23)cc1. The van der Waals surface area contributed by atoms with Gasteiger partial charge in [0.25, 0.3) is 0 Å². The summed E-state index contributed by atoms with van der Waals surface area (Å²) < 4.78 is 40.3. The summed E-state index contributed by atoms with van der Waals surface area (Å²) in [7, 11) is 0. The van der Waals surface area contributed by atoms with Crippen molar-refractivity contribution in [3.8, 4) is 22.5 Å². The molecule has 3 nitrogen and oxygen atoms in total. The molecule has 0 N–H and O–H groups in total. The van der Waals surface area contributed by atoms with Crippen LogP contribution in [0.2, 0.25) is 5.02 Å². The maximum Gasteiger partial charge on any atom is 0.416 e. The maximum atomic E-state index is 12.9. The van der Waals surface area contributed by atoms with Gasteiger partial charge >= 0.3 is 6.18 Å². The largest absolute Gasteiger partial charge is 0.416 e. The van der Waals surface area contributed by atoms with E-state index in [1.807, 2.05) is 12.1 Å². The Hall–Kier alpha value is -2.86. The Balaban J connectivity index is 1.93. The van der Waals surface area contributed by atoms with E-state index in [1.165, 1.54) is 12.1 Å². The Morgan fingerprint density at radius 1 is 0.885 bits per heavy atom. The number of aromatic nitrogens is 3. The number of halogens is 4. The molecule has 26 heavy (non-hydrogen) atoms. The highest BCUT2D eigenvalue weighted by Crippen LogP contribution is 2.35. The van der Waals surface area contributed by atoms with Crippen LogP contribution in [0.25, 0.3) is 28.3 Å². The lowest BCUT2D eigenvalue weighted by atomic mass is 10.0. The monoisotopic (exact) mass is 373 g/mol. The van der Waals surface area contributed by atoms with E-state index in [0.29, 0.717) is 27.8 Å². The highest BCUT2D eigenvalue weighted by molar-refractivity contribution is 6.30. The number of rotatable bonds is 2. The molecule has 2 aromatic heterocycles. The average Bonchev–Trinajstić information content (AvgIpc) is 3.01. The van der Waals surface area contributed by atoms with Crippen molar-refractivity contribution in [1.82, 2.24) is 14.4 Å². The summed E-state index contributed by atoms with van der Waals surface area (Å²) in [6, 6.07) is 13.9. The third kappa shape index (κ3) is 2.93. The molecule has 0 saturated carbocycles. The molecule has 0 amide bonds. The summed E-state index contributed by atoms with van der Waals surface area (Å²) in [5.74, 6) is 0.465. The van der Waals surface area contributed by atoms with Crippen LogP contribution in [-0.2, 0) is 6.18 Å². The number of hydrogen-bond donors (Lipinski definition) is 0. The van der Waals surface area contributed by atoms with Gasteiger partial charge in [0, 0.05) is 28.5 Å². The van der Waals surface area contributed by atoms with Crippen LogP contribution in [-0.4, -0.2) is 14.4 Å². The third-order valence-corrected chi connectivity index (χ3v) is 4.26. The molecule has 2 aromatic carbocycles. The molecule has 0 aliphatic heterocycles. The fourth-order valence-corrected chi connectivity index (χ4v) is 2.92. The average molecular weight is 374 g/mol. The number of hydrogen-bond acceptors (Lipinski definition) is 2. The van der Waals surface area contributed by atoms with Crippen LogP contribution in [0.4, 0.5) is 13.2 Å². The zero-order valence-corrected chi connectivity index (χ0v) is 14.0. The highest BCUT2D eigenvalue weighted by Gasteiger charge is 2.30. The molecule has 0 saturated heterocycles. The molecular weight excluding hydrogens is 363 g/mol. The smallest absolute Gasteiger partial charge is 0.283 e. The second-order valence-corrected chi connectivity index (χ2v) is 6.12. The lowest BCUT2D eigenvalue weighted by molar-refractivity contribution is -0.137. The first kappa shape index (κ1) is 16.6. The van der Waals surface area contributed by atoms with Crippen molar-refractivity contribution in [2.75, 3.05) is 0 Å². The fourth-order valence-electron chi connectivity index (χ4n) is 2.79. The van der Waals surface area contributed by atoms with Gasteiger partial charge in [-0.15, -0.1) is 0 Å². The molecule has 0 bridgehead atoms. The van der Waals surface area contributed by atoms with Crippen molar-refractivity contribution < 1.29 is 13.2 Å². The third-order valence-electron chi connectivity index (χ3n) is 4.01. The lowest BCUT2D eigenvalue weighted by Crippen LogP contribution is -2.04. The topological polar surface area (TPSA) is 30.2 Å². The Morgan fingerprint density at radius 2 is 1.54 bits per heavy atom. The number of nitrogens with zero attached hydrogens (tertiary/aromatic N) is 3. The molecule has 0 radical (unpaired) electrons. The minimum atomic E-state index is -4.38. The van der Waals surface area contributed by atoms with Crippen LogP contribution in [0.15, 0.2) is 67.0 Å². The van der Waals surface area contributed by atoms with Gasteiger partial charge < -0.3 is 0 Å². The van der Waals surface area contributed by atoms with E-state index >= 15 is 0 Å². The van der Waals surface area contributed by atoms with Gasteiger partial charge in [0.15, 0.2) is 0 Å². The molecule has 0 atom stereocenters. The molecule has 4 aromatic rings. The standard InChI is InChI=1S/C19H11ClF3N3/c20-15-8-4-12(5-9-15)16-17(26-11-1-10-24-18(26)25-16)13-2-6-14(7-3-13)19(21,22)23/h1-11H. The van der Waals surface area contributed by atoms with Crippen LogP contribution in [0.1, 0.15) is 5.56 Å². The predicted octanol–water partition coefficient (Wildman–Crippen LogP) is 5.74. The van der Waals surface area contributed by atoms with Gasteiger partial charge in [-0.1, -0.05) is 35.9 Å². The zero-order valence-electron chi connectivity index (χ0n) is 13.2. The molecule has 4 rings (SSSR count). The van der Waals surface area contributed by atoms with Gasteiger partial charge in [-0.2, -0.15) is 13.2 Å². The van der Waals surface area contributed by atoms with Crippen molar-refractivity contribution in [2.45, 2.75) is 6.18 Å². The molecule has 0 fully saturated rings.